The van der Waals surface area contributed by atoms with Crippen LogP contribution in [0.15, 0.2) is 30.3 Å². The highest BCUT2D eigenvalue weighted by Gasteiger charge is 2.20. The minimum absolute atomic E-state index is 0.0981. The lowest BCUT2D eigenvalue weighted by Gasteiger charge is -2.14. The van der Waals surface area contributed by atoms with Crippen LogP contribution in [0.2, 0.25) is 0 Å². The molecule has 0 unspecified atom stereocenters. The summed E-state index contributed by atoms with van der Waals surface area (Å²) < 4.78 is 47.1. The van der Waals surface area contributed by atoms with Gasteiger partial charge in [-0.15, -0.1) is 0 Å². The SMILES string of the molecule is COC(=O)CCCCONC(=O)c1ccc(F)c(F)c1Nc1ccc(I)cc1F. The first-order valence-electron chi connectivity index (χ1n) is 8.52. The Morgan fingerprint density at radius 3 is 2.52 bits per heavy atom. The molecule has 2 aromatic rings. The molecule has 156 valence electrons. The fraction of sp³-hybridized carbons (Fsp3) is 0.263. The van der Waals surface area contributed by atoms with Gasteiger partial charge in [0.05, 0.1) is 30.7 Å². The fourth-order valence-electron chi connectivity index (χ4n) is 2.30. The highest BCUT2D eigenvalue weighted by Crippen LogP contribution is 2.28. The number of ether oxygens (including phenoxy) is 1. The summed E-state index contributed by atoms with van der Waals surface area (Å²) in [4.78, 5) is 28.3. The van der Waals surface area contributed by atoms with E-state index in [2.05, 4.69) is 15.5 Å². The van der Waals surface area contributed by atoms with E-state index in [0.717, 1.165) is 12.1 Å². The van der Waals surface area contributed by atoms with E-state index in [9.17, 15) is 22.8 Å². The largest absolute Gasteiger partial charge is 0.469 e. The molecule has 2 rings (SSSR count). The fourth-order valence-corrected chi connectivity index (χ4v) is 2.76. The quantitative estimate of drug-likeness (QED) is 0.220. The van der Waals surface area contributed by atoms with E-state index in [1.54, 1.807) is 6.07 Å². The molecule has 0 bridgehead atoms. The van der Waals surface area contributed by atoms with Crippen molar-refractivity contribution in [2.24, 2.45) is 0 Å². The number of halogens is 4. The third-order valence-corrected chi connectivity index (χ3v) is 4.47. The van der Waals surface area contributed by atoms with E-state index in [-0.39, 0.29) is 30.2 Å². The van der Waals surface area contributed by atoms with Crippen molar-refractivity contribution in [1.82, 2.24) is 5.48 Å². The van der Waals surface area contributed by atoms with Crippen molar-refractivity contribution in [2.75, 3.05) is 19.0 Å². The van der Waals surface area contributed by atoms with Gasteiger partial charge in [0.1, 0.15) is 5.82 Å². The molecule has 0 heterocycles. The minimum atomic E-state index is -1.33. The van der Waals surface area contributed by atoms with Crippen LogP contribution in [-0.4, -0.2) is 25.6 Å². The van der Waals surface area contributed by atoms with Gasteiger partial charge in [0.15, 0.2) is 11.6 Å². The Labute approximate surface area is 178 Å². The number of carbonyl (C=O) groups is 2. The molecule has 0 fully saturated rings. The number of nitrogens with one attached hydrogen (secondary N) is 2. The summed E-state index contributed by atoms with van der Waals surface area (Å²) in [5.41, 5.74) is 1.22. The average Bonchev–Trinajstić information content (AvgIpc) is 2.69. The van der Waals surface area contributed by atoms with Gasteiger partial charge >= 0.3 is 5.97 Å². The molecule has 0 aromatic heterocycles. The van der Waals surface area contributed by atoms with Gasteiger partial charge in [-0.25, -0.2) is 18.7 Å². The first kappa shape index (κ1) is 22.9. The van der Waals surface area contributed by atoms with Crippen LogP contribution < -0.4 is 10.8 Å². The molecule has 10 heteroatoms. The highest BCUT2D eigenvalue weighted by atomic mass is 127. The molecule has 0 aliphatic rings. The van der Waals surface area contributed by atoms with Gasteiger partial charge < -0.3 is 10.1 Å². The van der Waals surface area contributed by atoms with E-state index in [0.29, 0.717) is 16.4 Å². The molecule has 6 nitrogen and oxygen atoms in total. The molecule has 29 heavy (non-hydrogen) atoms. The second-order valence-corrected chi connectivity index (χ2v) is 7.09. The summed E-state index contributed by atoms with van der Waals surface area (Å²) >= 11 is 1.90. The number of amides is 1. The molecule has 0 aliphatic heterocycles. The molecule has 0 saturated heterocycles. The molecule has 0 aliphatic carbocycles. The summed E-state index contributed by atoms with van der Waals surface area (Å²) in [5, 5.41) is 2.43. The first-order valence-corrected chi connectivity index (χ1v) is 9.60. The number of carbonyl (C=O) groups excluding carboxylic acids is 2. The number of benzene rings is 2. The zero-order valence-electron chi connectivity index (χ0n) is 15.4. The number of methoxy groups -OCH3 is 1. The number of hydroxylamine groups is 1. The maximum Gasteiger partial charge on any atom is 0.305 e. The predicted octanol–water partition coefficient (Wildman–Crippen LogP) is 4.46. The lowest BCUT2D eigenvalue weighted by atomic mass is 10.1. The maximum atomic E-state index is 14.3. The van der Waals surface area contributed by atoms with Crippen molar-refractivity contribution in [1.29, 1.82) is 0 Å². The van der Waals surface area contributed by atoms with Crippen LogP contribution in [0.3, 0.4) is 0 Å². The second kappa shape index (κ2) is 11.0. The smallest absolute Gasteiger partial charge is 0.305 e. The Morgan fingerprint density at radius 2 is 1.83 bits per heavy atom. The second-order valence-electron chi connectivity index (χ2n) is 5.85. The van der Waals surface area contributed by atoms with Gasteiger partial charge in [-0.05, 0) is 65.8 Å². The summed E-state index contributed by atoms with van der Waals surface area (Å²) in [6.07, 6.45) is 1.17. The first-order chi connectivity index (χ1) is 13.8. The molecular weight excluding hydrogens is 504 g/mol. The van der Waals surface area contributed by atoms with Gasteiger partial charge in [-0.3, -0.25) is 14.4 Å². The lowest BCUT2D eigenvalue weighted by Crippen LogP contribution is -2.25. The van der Waals surface area contributed by atoms with Gasteiger partial charge in [0.2, 0.25) is 0 Å². The van der Waals surface area contributed by atoms with E-state index >= 15 is 0 Å². The van der Waals surface area contributed by atoms with E-state index in [1.165, 1.54) is 19.2 Å². The Balaban J connectivity index is 2.05. The van der Waals surface area contributed by atoms with Crippen LogP contribution in [0.4, 0.5) is 24.5 Å². The maximum absolute atomic E-state index is 14.3. The van der Waals surface area contributed by atoms with Gasteiger partial charge in [0.25, 0.3) is 5.91 Å². The summed E-state index contributed by atoms with van der Waals surface area (Å²) in [6, 6.07) is 5.97. The topological polar surface area (TPSA) is 76.7 Å². The number of hydrogen-bond acceptors (Lipinski definition) is 5. The monoisotopic (exact) mass is 522 g/mol. The highest BCUT2D eigenvalue weighted by molar-refractivity contribution is 14.1. The van der Waals surface area contributed by atoms with Crippen molar-refractivity contribution in [2.45, 2.75) is 19.3 Å². The molecular formula is C19H18F3IN2O4. The van der Waals surface area contributed by atoms with Crippen LogP contribution >= 0.6 is 22.6 Å². The summed E-state index contributed by atoms with van der Waals surface area (Å²) in [5.74, 6) is -4.40. The molecule has 2 N–H and O–H groups in total. The molecule has 1 amide bonds. The zero-order chi connectivity index (χ0) is 21.4. The summed E-state index contributed by atoms with van der Waals surface area (Å²) in [6.45, 7) is 0.0981. The van der Waals surface area contributed by atoms with Gasteiger partial charge in [-0.2, -0.15) is 0 Å². The van der Waals surface area contributed by atoms with Crippen LogP contribution in [0.25, 0.3) is 0 Å². The average molecular weight is 522 g/mol. The molecule has 0 atom stereocenters. The zero-order valence-corrected chi connectivity index (χ0v) is 17.5. The number of anilines is 2. The van der Waals surface area contributed by atoms with Crippen LogP contribution in [-0.2, 0) is 14.4 Å². The van der Waals surface area contributed by atoms with Crippen molar-refractivity contribution in [3.63, 3.8) is 0 Å². The van der Waals surface area contributed by atoms with E-state index in [1.807, 2.05) is 22.6 Å². The van der Waals surface area contributed by atoms with Crippen LogP contribution in [0.5, 0.6) is 0 Å². The van der Waals surface area contributed by atoms with Gasteiger partial charge in [-0.1, -0.05) is 0 Å². The summed E-state index contributed by atoms with van der Waals surface area (Å²) in [7, 11) is 1.29. The molecule has 0 radical (unpaired) electrons. The third kappa shape index (κ3) is 6.60. The predicted molar refractivity (Wildman–Crippen MR) is 108 cm³/mol. The third-order valence-electron chi connectivity index (χ3n) is 3.80. The van der Waals surface area contributed by atoms with Crippen molar-refractivity contribution >= 4 is 45.8 Å². The lowest BCUT2D eigenvalue weighted by molar-refractivity contribution is -0.140. The van der Waals surface area contributed by atoms with Crippen LogP contribution in [0, 0.1) is 21.0 Å². The number of unbranched alkanes of at least 4 members (excludes halogenated alkanes) is 1. The number of esters is 1. The van der Waals surface area contributed by atoms with E-state index in [4.69, 9.17) is 4.84 Å². The number of hydrogen-bond donors (Lipinski definition) is 2. The molecule has 0 saturated carbocycles. The number of rotatable bonds is 9. The Bertz CT molecular complexity index is 896. The Kier molecular flexibility index (Phi) is 8.70. The van der Waals surface area contributed by atoms with Crippen LogP contribution in [0.1, 0.15) is 29.6 Å². The van der Waals surface area contributed by atoms with Gasteiger partial charge in [0, 0.05) is 9.99 Å². The normalized spacial score (nSPS) is 10.5. The Morgan fingerprint density at radius 1 is 1.07 bits per heavy atom. The van der Waals surface area contributed by atoms with Crippen molar-refractivity contribution < 1.29 is 32.3 Å². The Hall–Kier alpha value is -2.34. The van der Waals surface area contributed by atoms with Crippen molar-refractivity contribution in [3.05, 3.63) is 56.9 Å². The van der Waals surface area contributed by atoms with Crippen molar-refractivity contribution in [3.8, 4) is 0 Å². The van der Waals surface area contributed by atoms with E-state index < -0.39 is 29.0 Å². The molecule has 0 spiro atoms. The standard InChI is InChI=1S/C19H18F3IN2O4/c1-28-16(26)4-2-3-9-29-25-19(27)12-6-7-13(20)17(22)18(12)24-15-8-5-11(23)10-14(15)21/h5-8,10,24H,2-4,9H2,1H3,(H,25,27). The minimum Gasteiger partial charge on any atom is -0.469 e. The molecule has 2 aromatic carbocycles.